The SMILES string of the molecule is COC(=O)/C=C(/Nc1cc(C(F)(F)F)cc(Cl)c1F)C(=O)OC. The monoisotopic (exact) mass is 355 g/mol. The fraction of sp³-hybridized carbons (Fsp3) is 0.231. The van der Waals surface area contributed by atoms with Crippen molar-refractivity contribution in [1.29, 1.82) is 0 Å². The second-order valence-corrected chi connectivity index (χ2v) is 4.42. The Hall–Kier alpha value is -2.29. The predicted molar refractivity (Wildman–Crippen MR) is 72.1 cm³/mol. The highest BCUT2D eigenvalue weighted by atomic mass is 35.5. The summed E-state index contributed by atoms with van der Waals surface area (Å²) in [6, 6.07) is 0.791. The Morgan fingerprint density at radius 3 is 2.30 bits per heavy atom. The van der Waals surface area contributed by atoms with Gasteiger partial charge in [-0.2, -0.15) is 13.2 Å². The van der Waals surface area contributed by atoms with Gasteiger partial charge in [0.15, 0.2) is 5.82 Å². The molecule has 1 N–H and O–H groups in total. The number of ether oxygens (including phenoxy) is 2. The first-order chi connectivity index (χ1) is 10.6. The smallest absolute Gasteiger partial charge is 0.416 e. The maximum atomic E-state index is 13.9. The Morgan fingerprint density at radius 2 is 1.83 bits per heavy atom. The number of halogens is 5. The normalized spacial score (nSPS) is 11.9. The standard InChI is InChI=1S/C13H10ClF4NO4/c1-22-10(20)5-9(12(21)23-2)19-8-4-6(13(16,17)18)3-7(14)11(8)15/h3-5,19H,1-2H3/b9-5+. The fourth-order valence-electron chi connectivity index (χ4n) is 1.42. The zero-order valence-corrected chi connectivity index (χ0v) is 12.5. The molecule has 10 heteroatoms. The second-order valence-electron chi connectivity index (χ2n) is 4.02. The van der Waals surface area contributed by atoms with E-state index in [1.54, 1.807) is 0 Å². The minimum Gasteiger partial charge on any atom is -0.466 e. The molecule has 0 aliphatic heterocycles. The summed E-state index contributed by atoms with van der Waals surface area (Å²) in [5, 5.41) is 1.23. The van der Waals surface area contributed by atoms with Gasteiger partial charge in [-0.05, 0) is 12.1 Å². The van der Waals surface area contributed by atoms with E-state index in [1.807, 2.05) is 5.32 Å². The summed E-state index contributed by atoms with van der Waals surface area (Å²) in [5.41, 5.74) is -2.63. The van der Waals surface area contributed by atoms with E-state index in [0.717, 1.165) is 14.2 Å². The van der Waals surface area contributed by atoms with Crippen molar-refractivity contribution < 1.29 is 36.6 Å². The van der Waals surface area contributed by atoms with Crippen LogP contribution in [0.5, 0.6) is 0 Å². The number of alkyl halides is 3. The van der Waals surface area contributed by atoms with Gasteiger partial charge in [0.1, 0.15) is 5.70 Å². The molecule has 0 bridgehead atoms. The van der Waals surface area contributed by atoms with Gasteiger partial charge in [0.25, 0.3) is 0 Å². The van der Waals surface area contributed by atoms with Crippen molar-refractivity contribution in [2.45, 2.75) is 6.18 Å². The molecule has 0 unspecified atom stereocenters. The van der Waals surface area contributed by atoms with E-state index in [0.29, 0.717) is 18.2 Å². The lowest BCUT2D eigenvalue weighted by atomic mass is 10.1. The lowest BCUT2D eigenvalue weighted by Crippen LogP contribution is -2.17. The van der Waals surface area contributed by atoms with Crippen molar-refractivity contribution in [1.82, 2.24) is 0 Å². The van der Waals surface area contributed by atoms with Crippen molar-refractivity contribution >= 4 is 29.2 Å². The Bertz CT molecular complexity index is 658. The highest BCUT2D eigenvalue weighted by Gasteiger charge is 2.32. The van der Waals surface area contributed by atoms with Gasteiger partial charge in [-0.25, -0.2) is 14.0 Å². The Labute approximate surface area is 132 Å². The quantitative estimate of drug-likeness (QED) is 0.510. The van der Waals surface area contributed by atoms with Crippen LogP contribution in [-0.4, -0.2) is 26.2 Å². The molecule has 0 atom stereocenters. The molecule has 0 saturated heterocycles. The number of rotatable bonds is 4. The summed E-state index contributed by atoms with van der Waals surface area (Å²) >= 11 is 5.41. The molecule has 0 fully saturated rings. The van der Waals surface area contributed by atoms with Gasteiger partial charge in [-0.15, -0.1) is 0 Å². The van der Waals surface area contributed by atoms with Crippen LogP contribution in [0.2, 0.25) is 5.02 Å². The molecule has 1 rings (SSSR count). The average Bonchev–Trinajstić information content (AvgIpc) is 2.48. The molecule has 0 aliphatic rings. The molecule has 126 valence electrons. The lowest BCUT2D eigenvalue weighted by Gasteiger charge is -2.14. The first kappa shape index (κ1) is 18.8. The number of benzene rings is 1. The minimum atomic E-state index is -4.79. The summed E-state index contributed by atoms with van der Waals surface area (Å²) in [7, 11) is 1.97. The number of hydrogen-bond acceptors (Lipinski definition) is 5. The maximum absolute atomic E-state index is 13.9. The summed E-state index contributed by atoms with van der Waals surface area (Å²) in [4.78, 5) is 22.7. The van der Waals surface area contributed by atoms with Crippen LogP contribution in [0.25, 0.3) is 0 Å². The highest BCUT2D eigenvalue weighted by molar-refractivity contribution is 6.31. The third-order valence-electron chi connectivity index (χ3n) is 2.49. The van der Waals surface area contributed by atoms with Crippen LogP contribution in [0.15, 0.2) is 23.9 Å². The van der Waals surface area contributed by atoms with E-state index in [9.17, 15) is 27.2 Å². The van der Waals surface area contributed by atoms with Gasteiger partial charge in [0.05, 0.1) is 36.6 Å². The molecule has 0 aromatic heterocycles. The molecule has 1 aromatic carbocycles. The second kappa shape index (κ2) is 7.32. The van der Waals surface area contributed by atoms with Crippen LogP contribution in [0.1, 0.15) is 5.56 Å². The molecule has 0 amide bonds. The minimum absolute atomic E-state index is 0.393. The van der Waals surface area contributed by atoms with E-state index in [1.165, 1.54) is 0 Å². The van der Waals surface area contributed by atoms with Gasteiger partial charge >= 0.3 is 18.1 Å². The molecule has 0 radical (unpaired) electrons. The van der Waals surface area contributed by atoms with Crippen LogP contribution in [0.3, 0.4) is 0 Å². The molecule has 1 aromatic rings. The molecule has 0 saturated carbocycles. The number of esters is 2. The molecular formula is C13H10ClF4NO4. The van der Waals surface area contributed by atoms with Gasteiger partial charge in [-0.3, -0.25) is 0 Å². The summed E-state index contributed by atoms with van der Waals surface area (Å²) in [6.07, 6.45) is -4.19. The lowest BCUT2D eigenvalue weighted by molar-refractivity contribution is -0.138. The van der Waals surface area contributed by atoms with Crippen LogP contribution >= 0.6 is 11.6 Å². The Kier molecular flexibility index (Phi) is 5.97. The summed E-state index contributed by atoms with van der Waals surface area (Å²) < 4.78 is 60.6. The molecule has 0 spiro atoms. The number of hydrogen-bond donors (Lipinski definition) is 1. The van der Waals surface area contributed by atoms with Crippen molar-refractivity contribution in [3.8, 4) is 0 Å². The van der Waals surface area contributed by atoms with Crippen molar-refractivity contribution in [2.75, 3.05) is 19.5 Å². The van der Waals surface area contributed by atoms with Crippen molar-refractivity contribution in [2.24, 2.45) is 0 Å². The molecular weight excluding hydrogens is 346 g/mol. The third-order valence-corrected chi connectivity index (χ3v) is 2.77. The van der Waals surface area contributed by atoms with Gasteiger partial charge in [-0.1, -0.05) is 11.6 Å². The zero-order valence-electron chi connectivity index (χ0n) is 11.8. The summed E-state index contributed by atoms with van der Waals surface area (Å²) in [5.74, 6) is -3.36. The van der Waals surface area contributed by atoms with Crippen molar-refractivity contribution in [3.05, 3.63) is 40.3 Å². The number of nitrogens with one attached hydrogen (secondary N) is 1. The predicted octanol–water partition coefficient (Wildman–Crippen LogP) is 3.14. The third kappa shape index (κ3) is 4.85. The van der Waals surface area contributed by atoms with Crippen LogP contribution < -0.4 is 5.32 Å². The summed E-state index contributed by atoms with van der Waals surface area (Å²) in [6.45, 7) is 0. The van der Waals surface area contributed by atoms with E-state index < -0.39 is 45.9 Å². The van der Waals surface area contributed by atoms with Crippen molar-refractivity contribution in [3.63, 3.8) is 0 Å². The van der Waals surface area contributed by atoms with E-state index in [2.05, 4.69) is 9.47 Å². The number of carbonyl (C=O) groups excluding carboxylic acids is 2. The first-order valence-corrected chi connectivity index (χ1v) is 6.19. The maximum Gasteiger partial charge on any atom is 0.416 e. The highest BCUT2D eigenvalue weighted by Crippen LogP contribution is 2.35. The number of anilines is 1. The van der Waals surface area contributed by atoms with E-state index >= 15 is 0 Å². The van der Waals surface area contributed by atoms with Crippen LogP contribution in [0, 0.1) is 5.82 Å². The largest absolute Gasteiger partial charge is 0.466 e. The van der Waals surface area contributed by atoms with Crippen LogP contribution in [-0.2, 0) is 25.2 Å². The Balaban J connectivity index is 3.33. The zero-order chi connectivity index (χ0) is 17.8. The van der Waals surface area contributed by atoms with Gasteiger partial charge in [0, 0.05) is 0 Å². The fourth-order valence-corrected chi connectivity index (χ4v) is 1.64. The van der Waals surface area contributed by atoms with Crippen LogP contribution in [0.4, 0.5) is 23.2 Å². The molecule has 0 heterocycles. The first-order valence-electron chi connectivity index (χ1n) is 5.81. The number of carbonyl (C=O) groups is 2. The topological polar surface area (TPSA) is 64.6 Å². The van der Waals surface area contributed by atoms with E-state index in [4.69, 9.17) is 11.6 Å². The van der Waals surface area contributed by atoms with Gasteiger partial charge in [0.2, 0.25) is 0 Å². The van der Waals surface area contributed by atoms with E-state index in [-0.39, 0.29) is 0 Å². The molecule has 23 heavy (non-hydrogen) atoms. The molecule has 5 nitrogen and oxygen atoms in total. The average molecular weight is 356 g/mol. The Morgan fingerprint density at radius 1 is 1.22 bits per heavy atom. The molecule has 0 aliphatic carbocycles. The number of methoxy groups -OCH3 is 2. The van der Waals surface area contributed by atoms with Gasteiger partial charge < -0.3 is 14.8 Å².